The standard InChI is InChI=1S/C15H16N2O/c1-4-12(13-5-6-16-11(3)8-13)9-14-10(2)7-15(18)17-14/h4-6,8-9H,1,7H2,2-3H3,(H,17,18)/b12-9+. The number of carbonyl (C=O) groups is 1. The van der Waals surface area contributed by atoms with Crippen molar-refractivity contribution in [2.24, 2.45) is 0 Å². The summed E-state index contributed by atoms with van der Waals surface area (Å²) in [6.45, 7) is 7.74. The van der Waals surface area contributed by atoms with Crippen LogP contribution >= 0.6 is 0 Å². The monoisotopic (exact) mass is 240 g/mol. The summed E-state index contributed by atoms with van der Waals surface area (Å²) in [5, 5.41) is 2.85. The van der Waals surface area contributed by atoms with E-state index < -0.39 is 0 Å². The molecule has 0 unspecified atom stereocenters. The minimum atomic E-state index is 0.0491. The van der Waals surface area contributed by atoms with Crippen LogP contribution in [-0.4, -0.2) is 10.9 Å². The summed E-state index contributed by atoms with van der Waals surface area (Å²) in [6, 6.07) is 3.94. The zero-order valence-electron chi connectivity index (χ0n) is 10.7. The van der Waals surface area contributed by atoms with Crippen molar-refractivity contribution >= 4 is 11.5 Å². The molecule has 1 aliphatic rings. The Balaban J connectivity index is 2.38. The van der Waals surface area contributed by atoms with Crippen LogP contribution in [0.4, 0.5) is 0 Å². The number of aryl methyl sites for hydroxylation is 1. The molecular weight excluding hydrogens is 224 g/mol. The van der Waals surface area contributed by atoms with E-state index in [0.29, 0.717) is 6.42 Å². The second kappa shape index (κ2) is 5.00. The highest BCUT2D eigenvalue weighted by atomic mass is 16.1. The Morgan fingerprint density at radius 1 is 1.50 bits per heavy atom. The number of pyridine rings is 1. The van der Waals surface area contributed by atoms with E-state index in [9.17, 15) is 4.79 Å². The maximum absolute atomic E-state index is 11.3. The Bertz CT molecular complexity index is 568. The van der Waals surface area contributed by atoms with Crippen molar-refractivity contribution in [1.29, 1.82) is 0 Å². The molecule has 0 bridgehead atoms. The smallest absolute Gasteiger partial charge is 0.228 e. The van der Waals surface area contributed by atoms with Crippen molar-refractivity contribution < 1.29 is 4.79 Å². The number of hydrogen-bond donors (Lipinski definition) is 1. The van der Waals surface area contributed by atoms with Gasteiger partial charge in [0.15, 0.2) is 0 Å². The number of hydrogen-bond acceptors (Lipinski definition) is 2. The molecular formula is C15H16N2O. The van der Waals surface area contributed by atoms with Gasteiger partial charge >= 0.3 is 0 Å². The minimum Gasteiger partial charge on any atom is -0.326 e. The Hall–Kier alpha value is -2.16. The van der Waals surface area contributed by atoms with E-state index in [0.717, 1.165) is 28.1 Å². The fraction of sp³-hybridized carbons (Fsp3) is 0.200. The van der Waals surface area contributed by atoms with Crippen molar-refractivity contribution in [2.45, 2.75) is 20.3 Å². The van der Waals surface area contributed by atoms with Gasteiger partial charge < -0.3 is 5.32 Å². The highest BCUT2D eigenvalue weighted by molar-refractivity contribution is 5.86. The summed E-state index contributed by atoms with van der Waals surface area (Å²) in [5.41, 5.74) is 4.94. The van der Waals surface area contributed by atoms with E-state index in [4.69, 9.17) is 0 Å². The minimum absolute atomic E-state index is 0.0491. The van der Waals surface area contributed by atoms with Gasteiger partial charge in [0.1, 0.15) is 0 Å². The molecule has 3 nitrogen and oxygen atoms in total. The van der Waals surface area contributed by atoms with Gasteiger partial charge in [0.05, 0.1) is 0 Å². The van der Waals surface area contributed by atoms with Crippen LogP contribution in [0.1, 0.15) is 24.6 Å². The first-order valence-electron chi connectivity index (χ1n) is 5.87. The first-order valence-corrected chi connectivity index (χ1v) is 5.87. The van der Waals surface area contributed by atoms with E-state index in [1.807, 2.05) is 32.1 Å². The van der Waals surface area contributed by atoms with Gasteiger partial charge in [-0.2, -0.15) is 0 Å². The molecule has 2 rings (SSSR count). The molecule has 18 heavy (non-hydrogen) atoms. The van der Waals surface area contributed by atoms with Crippen molar-refractivity contribution in [3.63, 3.8) is 0 Å². The summed E-state index contributed by atoms with van der Waals surface area (Å²) in [5.74, 6) is 0.0491. The van der Waals surface area contributed by atoms with Gasteiger partial charge in [-0.05, 0) is 48.8 Å². The van der Waals surface area contributed by atoms with Crippen molar-refractivity contribution in [1.82, 2.24) is 10.3 Å². The molecule has 1 aromatic rings. The van der Waals surface area contributed by atoms with Gasteiger partial charge in [-0.15, -0.1) is 0 Å². The van der Waals surface area contributed by atoms with Crippen LogP contribution in [0.5, 0.6) is 0 Å². The summed E-state index contributed by atoms with van der Waals surface area (Å²) < 4.78 is 0. The van der Waals surface area contributed by atoms with Gasteiger partial charge in [-0.3, -0.25) is 9.78 Å². The lowest BCUT2D eigenvalue weighted by molar-refractivity contribution is -0.118. The molecule has 0 saturated carbocycles. The SMILES string of the molecule is C=C/C(=C\C1=C(C)CC(=O)N1)c1ccnc(C)c1. The predicted octanol–water partition coefficient (Wildman–Crippen LogP) is 2.75. The number of allylic oxidation sites excluding steroid dienone is 3. The molecule has 3 heteroatoms. The third-order valence-corrected chi connectivity index (χ3v) is 2.91. The normalized spacial score (nSPS) is 15.9. The highest BCUT2D eigenvalue weighted by Gasteiger charge is 2.16. The molecule has 92 valence electrons. The van der Waals surface area contributed by atoms with Crippen LogP contribution in [0.3, 0.4) is 0 Å². The van der Waals surface area contributed by atoms with Gasteiger partial charge in [-0.25, -0.2) is 0 Å². The molecule has 1 N–H and O–H groups in total. The summed E-state index contributed by atoms with van der Waals surface area (Å²) >= 11 is 0. The fourth-order valence-electron chi connectivity index (χ4n) is 1.94. The van der Waals surface area contributed by atoms with Crippen LogP contribution in [0.15, 0.2) is 48.3 Å². The Labute approximate surface area is 107 Å². The summed E-state index contributed by atoms with van der Waals surface area (Å²) in [4.78, 5) is 15.5. The molecule has 2 heterocycles. The maximum Gasteiger partial charge on any atom is 0.228 e. The molecule has 0 aliphatic carbocycles. The van der Waals surface area contributed by atoms with Crippen molar-refractivity contribution in [3.05, 3.63) is 59.6 Å². The second-order valence-corrected chi connectivity index (χ2v) is 4.41. The Morgan fingerprint density at radius 2 is 2.28 bits per heavy atom. The average Bonchev–Trinajstić information content (AvgIpc) is 2.64. The molecule has 0 spiro atoms. The number of rotatable bonds is 3. The first kappa shape index (κ1) is 12.3. The highest BCUT2D eigenvalue weighted by Crippen LogP contribution is 2.21. The fourth-order valence-corrected chi connectivity index (χ4v) is 1.94. The van der Waals surface area contributed by atoms with E-state index in [-0.39, 0.29) is 5.91 Å². The number of nitrogens with zero attached hydrogens (tertiary/aromatic N) is 1. The largest absolute Gasteiger partial charge is 0.326 e. The maximum atomic E-state index is 11.3. The third kappa shape index (κ3) is 2.56. The van der Waals surface area contributed by atoms with Crippen molar-refractivity contribution in [3.8, 4) is 0 Å². The van der Waals surface area contributed by atoms with Gasteiger partial charge in [0.2, 0.25) is 5.91 Å². The van der Waals surface area contributed by atoms with E-state index >= 15 is 0 Å². The zero-order valence-corrected chi connectivity index (χ0v) is 10.7. The van der Waals surface area contributed by atoms with E-state index in [2.05, 4.69) is 16.9 Å². The molecule has 0 aromatic carbocycles. The van der Waals surface area contributed by atoms with E-state index in [1.165, 1.54) is 0 Å². The summed E-state index contributed by atoms with van der Waals surface area (Å²) in [7, 11) is 0. The molecule has 0 radical (unpaired) electrons. The lowest BCUT2D eigenvalue weighted by atomic mass is 10.0. The first-order chi connectivity index (χ1) is 8.60. The van der Waals surface area contributed by atoms with E-state index in [1.54, 1.807) is 12.3 Å². The second-order valence-electron chi connectivity index (χ2n) is 4.41. The lowest BCUT2D eigenvalue weighted by Crippen LogP contribution is -2.13. The van der Waals surface area contributed by atoms with Crippen LogP contribution in [0.25, 0.3) is 5.57 Å². The van der Waals surface area contributed by atoms with Crippen LogP contribution in [-0.2, 0) is 4.79 Å². The van der Waals surface area contributed by atoms with Gasteiger partial charge in [-0.1, -0.05) is 12.7 Å². The van der Waals surface area contributed by atoms with Crippen LogP contribution in [0.2, 0.25) is 0 Å². The molecule has 1 aromatic heterocycles. The average molecular weight is 240 g/mol. The quantitative estimate of drug-likeness (QED) is 0.825. The molecule has 1 aliphatic heterocycles. The van der Waals surface area contributed by atoms with Gasteiger partial charge in [0, 0.05) is 24.0 Å². The predicted molar refractivity (Wildman–Crippen MR) is 72.6 cm³/mol. The number of aromatic nitrogens is 1. The molecule has 0 fully saturated rings. The molecule has 0 atom stereocenters. The zero-order chi connectivity index (χ0) is 13.1. The summed E-state index contributed by atoms with van der Waals surface area (Å²) in [6.07, 6.45) is 6.00. The Kier molecular flexibility index (Phi) is 3.42. The lowest BCUT2D eigenvalue weighted by Gasteiger charge is -2.05. The third-order valence-electron chi connectivity index (χ3n) is 2.91. The number of amides is 1. The van der Waals surface area contributed by atoms with Crippen molar-refractivity contribution in [2.75, 3.05) is 0 Å². The van der Waals surface area contributed by atoms with Crippen LogP contribution in [0, 0.1) is 6.92 Å². The molecule has 0 saturated heterocycles. The Morgan fingerprint density at radius 3 is 2.83 bits per heavy atom. The number of carbonyl (C=O) groups excluding carboxylic acids is 1. The van der Waals surface area contributed by atoms with Gasteiger partial charge in [0.25, 0.3) is 0 Å². The van der Waals surface area contributed by atoms with Crippen LogP contribution < -0.4 is 5.32 Å². The topological polar surface area (TPSA) is 42.0 Å². The molecule has 1 amide bonds. The number of nitrogens with one attached hydrogen (secondary N) is 1.